The molecule has 0 atom stereocenters. The number of aromatic nitrogens is 2. The molecule has 0 saturated heterocycles. The zero-order valence-electron chi connectivity index (χ0n) is 6.76. The van der Waals surface area contributed by atoms with E-state index in [9.17, 15) is 4.79 Å². The average Bonchev–Trinajstić information content (AvgIpc) is 1.96. The second kappa shape index (κ2) is 3.62. The first-order valence-electron chi connectivity index (χ1n) is 3.36. The summed E-state index contributed by atoms with van der Waals surface area (Å²) in [6.45, 7) is 3.29. The Morgan fingerprint density at radius 1 is 1.67 bits per heavy atom. The van der Waals surface area contributed by atoms with Crippen LogP contribution in [0.25, 0.3) is 0 Å². The lowest BCUT2D eigenvalue weighted by molar-refractivity contribution is -0.114. The van der Waals surface area contributed by atoms with Gasteiger partial charge >= 0.3 is 0 Å². The van der Waals surface area contributed by atoms with Crippen molar-refractivity contribution in [1.29, 1.82) is 0 Å². The smallest absolute Gasteiger partial charge is 0.230 e. The molecule has 0 fully saturated rings. The lowest BCUT2D eigenvalue weighted by Gasteiger charge is -2.01. The number of carbonyl (C=O) groups excluding carboxylic acids is 1. The number of amides is 1. The third-order valence-corrected chi connectivity index (χ3v) is 2.00. The van der Waals surface area contributed by atoms with Crippen LogP contribution in [0.15, 0.2) is 10.8 Å². The fourth-order valence-electron chi connectivity index (χ4n) is 0.639. The molecule has 1 aromatic rings. The third kappa shape index (κ3) is 2.27. The van der Waals surface area contributed by atoms with Gasteiger partial charge in [0.1, 0.15) is 4.60 Å². The van der Waals surface area contributed by atoms with Gasteiger partial charge in [0, 0.05) is 18.7 Å². The molecule has 0 bridgehead atoms. The van der Waals surface area contributed by atoms with Crippen molar-refractivity contribution >= 4 is 27.8 Å². The summed E-state index contributed by atoms with van der Waals surface area (Å²) in [4.78, 5) is 18.5. The molecule has 1 heterocycles. The van der Waals surface area contributed by atoms with Gasteiger partial charge in [-0.15, -0.1) is 0 Å². The third-order valence-electron chi connectivity index (χ3n) is 1.20. The number of anilines is 1. The second-order valence-electron chi connectivity index (χ2n) is 2.35. The highest BCUT2D eigenvalue weighted by atomic mass is 79.9. The Hall–Kier alpha value is -0.970. The number of nitrogens with zero attached hydrogens (tertiary/aromatic N) is 2. The van der Waals surface area contributed by atoms with Gasteiger partial charge in [-0.1, -0.05) is 0 Å². The Bertz CT molecular complexity index is 314. The van der Waals surface area contributed by atoms with Crippen LogP contribution in [0.2, 0.25) is 0 Å². The van der Waals surface area contributed by atoms with E-state index in [1.165, 1.54) is 6.92 Å². The van der Waals surface area contributed by atoms with Crippen LogP contribution in [0.5, 0.6) is 0 Å². The maximum Gasteiger partial charge on any atom is 0.230 e. The van der Waals surface area contributed by atoms with Crippen molar-refractivity contribution in [2.45, 2.75) is 13.8 Å². The van der Waals surface area contributed by atoms with Crippen LogP contribution < -0.4 is 5.32 Å². The van der Waals surface area contributed by atoms with Crippen LogP contribution in [-0.2, 0) is 4.79 Å². The van der Waals surface area contributed by atoms with Crippen molar-refractivity contribution in [3.8, 4) is 0 Å². The topological polar surface area (TPSA) is 54.9 Å². The normalized spacial score (nSPS) is 9.58. The summed E-state index contributed by atoms with van der Waals surface area (Å²) in [5, 5.41) is 2.48. The molecule has 0 saturated carbocycles. The predicted molar refractivity (Wildman–Crippen MR) is 48.8 cm³/mol. The number of aryl methyl sites for hydroxylation is 1. The number of carbonyl (C=O) groups is 1. The molecular weight excluding hydrogens is 222 g/mol. The van der Waals surface area contributed by atoms with Gasteiger partial charge in [-0.2, -0.15) is 0 Å². The van der Waals surface area contributed by atoms with Gasteiger partial charge in [0.2, 0.25) is 11.9 Å². The molecule has 0 unspecified atom stereocenters. The highest BCUT2D eigenvalue weighted by Gasteiger charge is 2.01. The number of rotatable bonds is 1. The Labute approximate surface area is 78.5 Å². The Balaban J connectivity index is 2.89. The molecule has 64 valence electrons. The summed E-state index contributed by atoms with van der Waals surface area (Å²) < 4.78 is 0.696. The van der Waals surface area contributed by atoms with Crippen LogP contribution in [0.1, 0.15) is 12.5 Å². The van der Waals surface area contributed by atoms with E-state index in [4.69, 9.17) is 0 Å². The monoisotopic (exact) mass is 229 g/mol. The summed E-state index contributed by atoms with van der Waals surface area (Å²) in [6.07, 6.45) is 1.64. The standard InChI is InChI=1S/C7H8BrN3O/c1-4-3-9-7(10-5(2)12)11-6(4)8/h3H,1-2H3,(H,9,10,11,12). The summed E-state index contributed by atoms with van der Waals surface area (Å²) in [7, 11) is 0. The number of hydrogen-bond donors (Lipinski definition) is 1. The first kappa shape index (κ1) is 9.12. The minimum absolute atomic E-state index is 0.175. The summed E-state index contributed by atoms with van der Waals surface area (Å²) in [5.41, 5.74) is 0.934. The van der Waals surface area contributed by atoms with Crippen LogP contribution in [0.4, 0.5) is 5.95 Å². The molecule has 12 heavy (non-hydrogen) atoms. The minimum Gasteiger partial charge on any atom is -0.295 e. The molecule has 5 heteroatoms. The largest absolute Gasteiger partial charge is 0.295 e. The van der Waals surface area contributed by atoms with Crippen LogP contribution >= 0.6 is 15.9 Å². The summed E-state index contributed by atoms with van der Waals surface area (Å²) in [5.74, 6) is 0.144. The van der Waals surface area contributed by atoms with Crippen LogP contribution in [0.3, 0.4) is 0 Å². The molecule has 4 nitrogen and oxygen atoms in total. The van der Waals surface area contributed by atoms with E-state index in [0.29, 0.717) is 10.6 Å². The van der Waals surface area contributed by atoms with E-state index in [2.05, 4.69) is 31.2 Å². The maximum absolute atomic E-state index is 10.6. The molecule has 1 N–H and O–H groups in total. The van der Waals surface area contributed by atoms with E-state index in [-0.39, 0.29) is 5.91 Å². The molecule has 0 spiro atoms. The van der Waals surface area contributed by atoms with Gasteiger partial charge in [-0.3, -0.25) is 10.1 Å². The van der Waals surface area contributed by atoms with E-state index in [1.807, 2.05) is 6.92 Å². The first-order valence-corrected chi connectivity index (χ1v) is 4.15. The molecule has 1 aromatic heterocycles. The fourth-order valence-corrected chi connectivity index (χ4v) is 0.909. The Kier molecular flexibility index (Phi) is 2.75. The number of halogens is 1. The lowest BCUT2D eigenvalue weighted by atomic mass is 10.4. The van der Waals surface area contributed by atoms with E-state index in [0.717, 1.165) is 5.56 Å². The van der Waals surface area contributed by atoms with Crippen molar-refractivity contribution in [1.82, 2.24) is 9.97 Å². The first-order chi connectivity index (χ1) is 5.59. The molecule has 1 rings (SSSR count). The SMILES string of the molecule is CC(=O)Nc1ncc(C)c(Br)n1. The highest BCUT2D eigenvalue weighted by molar-refractivity contribution is 9.10. The fraction of sp³-hybridized carbons (Fsp3) is 0.286. The zero-order valence-corrected chi connectivity index (χ0v) is 8.34. The molecule has 0 aliphatic heterocycles. The van der Waals surface area contributed by atoms with Crippen LogP contribution in [0, 0.1) is 6.92 Å². The molecule has 0 radical (unpaired) electrons. The van der Waals surface area contributed by atoms with Gasteiger partial charge in [-0.05, 0) is 22.9 Å². The van der Waals surface area contributed by atoms with Gasteiger partial charge in [0.15, 0.2) is 0 Å². The molecule has 0 aliphatic carbocycles. The molecule has 0 aliphatic rings. The number of nitrogens with one attached hydrogen (secondary N) is 1. The maximum atomic E-state index is 10.6. The average molecular weight is 230 g/mol. The second-order valence-corrected chi connectivity index (χ2v) is 3.10. The summed E-state index contributed by atoms with van der Waals surface area (Å²) >= 11 is 3.23. The van der Waals surface area contributed by atoms with Crippen molar-refractivity contribution in [3.05, 3.63) is 16.4 Å². The van der Waals surface area contributed by atoms with Crippen molar-refractivity contribution < 1.29 is 4.79 Å². The lowest BCUT2D eigenvalue weighted by Crippen LogP contribution is -2.09. The van der Waals surface area contributed by atoms with Crippen LogP contribution in [-0.4, -0.2) is 15.9 Å². The molecule has 0 aromatic carbocycles. The van der Waals surface area contributed by atoms with E-state index >= 15 is 0 Å². The van der Waals surface area contributed by atoms with Crippen molar-refractivity contribution in [2.24, 2.45) is 0 Å². The van der Waals surface area contributed by atoms with Gasteiger partial charge < -0.3 is 0 Å². The predicted octanol–water partition coefficient (Wildman–Crippen LogP) is 1.51. The zero-order chi connectivity index (χ0) is 9.14. The Morgan fingerprint density at radius 2 is 2.33 bits per heavy atom. The van der Waals surface area contributed by atoms with Gasteiger partial charge in [0.05, 0.1) is 0 Å². The van der Waals surface area contributed by atoms with E-state index in [1.54, 1.807) is 6.20 Å². The van der Waals surface area contributed by atoms with Crippen molar-refractivity contribution in [2.75, 3.05) is 5.32 Å². The minimum atomic E-state index is -0.175. The quantitative estimate of drug-likeness (QED) is 0.744. The summed E-state index contributed by atoms with van der Waals surface area (Å²) in [6, 6.07) is 0. The number of hydrogen-bond acceptors (Lipinski definition) is 3. The highest BCUT2D eigenvalue weighted by Crippen LogP contribution is 2.12. The van der Waals surface area contributed by atoms with E-state index < -0.39 is 0 Å². The van der Waals surface area contributed by atoms with Gasteiger partial charge in [-0.25, -0.2) is 9.97 Å². The van der Waals surface area contributed by atoms with Crippen molar-refractivity contribution in [3.63, 3.8) is 0 Å². The Morgan fingerprint density at radius 3 is 2.83 bits per heavy atom. The molecular formula is C7H8BrN3O. The van der Waals surface area contributed by atoms with Gasteiger partial charge in [0.25, 0.3) is 0 Å². The molecule has 1 amide bonds.